The van der Waals surface area contributed by atoms with Crippen LogP contribution >= 0.6 is 0 Å². The van der Waals surface area contributed by atoms with E-state index in [1.165, 1.54) is 43.1 Å². The highest BCUT2D eigenvalue weighted by atomic mass is 15.1. The molecular formula is C21H13N3. The van der Waals surface area contributed by atoms with Gasteiger partial charge in [-0.1, -0.05) is 71.8 Å². The molecule has 0 unspecified atom stereocenters. The molecule has 0 atom stereocenters. The number of azide groups is 1. The van der Waals surface area contributed by atoms with Crippen molar-refractivity contribution in [3.63, 3.8) is 0 Å². The van der Waals surface area contributed by atoms with E-state index in [9.17, 15) is 0 Å². The van der Waals surface area contributed by atoms with Crippen molar-refractivity contribution in [1.82, 2.24) is 0 Å². The van der Waals surface area contributed by atoms with Crippen LogP contribution in [0.3, 0.4) is 0 Å². The van der Waals surface area contributed by atoms with E-state index in [2.05, 4.69) is 76.8 Å². The van der Waals surface area contributed by atoms with E-state index < -0.39 is 0 Å². The zero-order valence-corrected chi connectivity index (χ0v) is 12.9. The Hall–Kier alpha value is -3.29. The molecule has 0 fully saturated rings. The van der Waals surface area contributed by atoms with Crippen LogP contribution in [0.5, 0.6) is 0 Å². The summed E-state index contributed by atoms with van der Waals surface area (Å²) in [6, 6.07) is 23.6. The van der Waals surface area contributed by atoms with Crippen molar-refractivity contribution in [2.75, 3.05) is 0 Å². The van der Waals surface area contributed by atoms with Gasteiger partial charge in [0.1, 0.15) is 0 Å². The van der Waals surface area contributed by atoms with Gasteiger partial charge >= 0.3 is 0 Å². The molecule has 0 aromatic heterocycles. The second-order valence-corrected chi connectivity index (χ2v) is 6.10. The topological polar surface area (TPSA) is 48.8 Å². The number of fused-ring (bicyclic) bond motifs is 2. The number of nitrogens with zero attached hydrogens (tertiary/aromatic N) is 3. The maximum atomic E-state index is 8.66. The van der Waals surface area contributed by atoms with E-state index in [-0.39, 0.29) is 0 Å². The molecule has 0 spiro atoms. The van der Waals surface area contributed by atoms with Crippen LogP contribution < -0.4 is 0 Å². The van der Waals surface area contributed by atoms with Crippen LogP contribution in [0.15, 0.2) is 71.8 Å². The largest absolute Gasteiger partial charge is 0.0893 e. The molecule has 3 heteroatoms. The molecule has 0 aliphatic carbocycles. The predicted molar refractivity (Wildman–Crippen MR) is 101 cm³/mol. The highest BCUT2D eigenvalue weighted by Gasteiger charge is 2.13. The van der Waals surface area contributed by atoms with Gasteiger partial charge in [-0.05, 0) is 54.2 Å². The van der Waals surface area contributed by atoms with E-state index in [4.69, 9.17) is 5.53 Å². The Morgan fingerprint density at radius 3 is 1.96 bits per heavy atom. The molecule has 0 N–H and O–H groups in total. The fraction of sp³-hybridized carbons (Fsp3) is 0.0476. The number of hydrogen-bond acceptors (Lipinski definition) is 1. The molecule has 5 aromatic rings. The average molecular weight is 307 g/mol. The summed E-state index contributed by atoms with van der Waals surface area (Å²) in [5, 5.41) is 13.9. The van der Waals surface area contributed by atoms with E-state index in [1.807, 2.05) is 0 Å². The summed E-state index contributed by atoms with van der Waals surface area (Å²) >= 11 is 0. The predicted octanol–water partition coefficient (Wildman–Crippen LogP) is 6.55. The Morgan fingerprint density at radius 1 is 0.667 bits per heavy atom. The van der Waals surface area contributed by atoms with Crippen molar-refractivity contribution >= 4 is 43.1 Å². The average Bonchev–Trinajstić information content (AvgIpc) is 2.64. The molecule has 112 valence electrons. The van der Waals surface area contributed by atoms with E-state index in [0.717, 1.165) is 5.56 Å². The van der Waals surface area contributed by atoms with Crippen LogP contribution in [0.1, 0.15) is 5.56 Å². The minimum Gasteiger partial charge on any atom is -0.0893 e. The van der Waals surface area contributed by atoms with Crippen LogP contribution in [-0.2, 0) is 6.54 Å². The number of hydrogen-bond donors (Lipinski definition) is 0. The molecule has 0 aliphatic rings. The van der Waals surface area contributed by atoms with E-state index in [0.29, 0.717) is 6.54 Å². The van der Waals surface area contributed by atoms with Gasteiger partial charge in [0.25, 0.3) is 0 Å². The van der Waals surface area contributed by atoms with Crippen molar-refractivity contribution in [2.24, 2.45) is 5.11 Å². The van der Waals surface area contributed by atoms with Gasteiger partial charge in [-0.15, -0.1) is 0 Å². The Bertz CT molecular complexity index is 1230. The second kappa shape index (κ2) is 4.85. The fourth-order valence-corrected chi connectivity index (χ4v) is 3.95. The molecule has 0 radical (unpaired) electrons. The summed E-state index contributed by atoms with van der Waals surface area (Å²) in [4.78, 5) is 2.91. The maximum absolute atomic E-state index is 8.66. The van der Waals surface area contributed by atoms with E-state index >= 15 is 0 Å². The van der Waals surface area contributed by atoms with Gasteiger partial charge in [0, 0.05) is 4.91 Å². The van der Waals surface area contributed by atoms with Gasteiger partial charge in [0.05, 0.1) is 6.54 Å². The summed E-state index contributed by atoms with van der Waals surface area (Å²) in [7, 11) is 0. The molecule has 5 rings (SSSR count). The van der Waals surface area contributed by atoms with E-state index in [1.54, 1.807) is 0 Å². The molecule has 0 saturated carbocycles. The van der Waals surface area contributed by atoms with Crippen molar-refractivity contribution in [3.05, 3.63) is 82.7 Å². The first-order chi connectivity index (χ1) is 11.9. The van der Waals surface area contributed by atoms with Crippen LogP contribution in [-0.4, -0.2) is 0 Å². The smallest absolute Gasteiger partial charge is 0.0517 e. The van der Waals surface area contributed by atoms with Gasteiger partial charge in [-0.3, -0.25) is 0 Å². The first-order valence-corrected chi connectivity index (χ1v) is 7.96. The third-order valence-electron chi connectivity index (χ3n) is 4.92. The maximum Gasteiger partial charge on any atom is 0.0517 e. The van der Waals surface area contributed by atoms with Crippen LogP contribution in [0.25, 0.3) is 53.5 Å². The van der Waals surface area contributed by atoms with Crippen LogP contribution in [0.4, 0.5) is 0 Å². The lowest BCUT2D eigenvalue weighted by Gasteiger charge is -2.15. The van der Waals surface area contributed by atoms with Gasteiger partial charge in [-0.25, -0.2) is 0 Å². The summed E-state index contributed by atoms with van der Waals surface area (Å²) < 4.78 is 0. The summed E-state index contributed by atoms with van der Waals surface area (Å²) in [5.41, 5.74) is 9.73. The van der Waals surface area contributed by atoms with Crippen LogP contribution in [0.2, 0.25) is 0 Å². The summed E-state index contributed by atoms with van der Waals surface area (Å²) in [6.45, 7) is 0.378. The zero-order chi connectivity index (χ0) is 16.1. The quantitative estimate of drug-likeness (QED) is 0.117. The molecule has 0 bridgehead atoms. The number of rotatable bonds is 2. The normalized spacial score (nSPS) is 11.5. The van der Waals surface area contributed by atoms with Crippen molar-refractivity contribution in [1.29, 1.82) is 0 Å². The van der Waals surface area contributed by atoms with Crippen LogP contribution in [0, 0.1) is 0 Å². The molecule has 3 nitrogen and oxygen atoms in total. The summed E-state index contributed by atoms with van der Waals surface area (Å²) in [6.07, 6.45) is 0. The zero-order valence-electron chi connectivity index (χ0n) is 12.9. The molecular weight excluding hydrogens is 294 g/mol. The lowest BCUT2D eigenvalue weighted by atomic mass is 9.88. The third-order valence-corrected chi connectivity index (χ3v) is 4.92. The molecule has 0 saturated heterocycles. The Kier molecular flexibility index (Phi) is 2.66. The standard InChI is InChI=1S/C21H13N3/c22-24-23-12-14-10-11-19-17-8-2-5-13-4-1-7-16(20(13)17)18-9-3-6-15(14)21(18)19/h1-11H,12H2. The Morgan fingerprint density at radius 2 is 1.25 bits per heavy atom. The van der Waals surface area contributed by atoms with Gasteiger partial charge in [-0.2, -0.15) is 0 Å². The van der Waals surface area contributed by atoms with Crippen molar-refractivity contribution in [3.8, 4) is 0 Å². The second-order valence-electron chi connectivity index (χ2n) is 6.10. The first kappa shape index (κ1) is 13.2. The van der Waals surface area contributed by atoms with Crippen molar-refractivity contribution < 1.29 is 0 Å². The SMILES string of the molecule is [N-]=[N+]=NCc1ccc2c3cccc4cccc(c5cccc1c52)c43. The summed E-state index contributed by atoms with van der Waals surface area (Å²) in [5.74, 6) is 0. The monoisotopic (exact) mass is 307 g/mol. The van der Waals surface area contributed by atoms with Crippen molar-refractivity contribution in [2.45, 2.75) is 6.54 Å². The lowest BCUT2D eigenvalue weighted by Crippen LogP contribution is -1.90. The molecule has 24 heavy (non-hydrogen) atoms. The third kappa shape index (κ3) is 1.65. The molecule has 5 aromatic carbocycles. The highest BCUT2D eigenvalue weighted by Crippen LogP contribution is 2.40. The Labute approximate surface area is 138 Å². The Balaban J connectivity index is 2.09. The highest BCUT2D eigenvalue weighted by molar-refractivity contribution is 6.33. The van der Waals surface area contributed by atoms with Gasteiger partial charge in [0.15, 0.2) is 0 Å². The minimum atomic E-state index is 0.378. The molecule has 0 aliphatic heterocycles. The first-order valence-electron chi connectivity index (χ1n) is 7.96. The van der Waals surface area contributed by atoms with Gasteiger partial charge < -0.3 is 0 Å². The fourth-order valence-electron chi connectivity index (χ4n) is 3.95. The minimum absolute atomic E-state index is 0.378. The van der Waals surface area contributed by atoms with Gasteiger partial charge in [0.2, 0.25) is 0 Å². The molecule has 0 amide bonds. The number of benzene rings is 5. The molecule has 0 heterocycles. The lowest BCUT2D eigenvalue weighted by molar-refractivity contribution is 1.06.